The molecule has 6 nitrogen and oxygen atoms in total. The van der Waals surface area contributed by atoms with E-state index in [4.69, 9.17) is 0 Å². The third kappa shape index (κ3) is 2.26. The predicted molar refractivity (Wildman–Crippen MR) is 104 cm³/mol. The molecule has 0 aromatic heterocycles. The van der Waals surface area contributed by atoms with Gasteiger partial charge < -0.3 is 30.6 Å². The quantitative estimate of drug-likeness (QED) is 0.378. The Hall–Kier alpha value is -2.76. The van der Waals surface area contributed by atoms with E-state index in [9.17, 15) is 30.6 Å². The van der Waals surface area contributed by atoms with E-state index >= 15 is 0 Å². The maximum absolute atomic E-state index is 10.7. The summed E-state index contributed by atoms with van der Waals surface area (Å²) in [5, 5.41) is 61.9. The lowest BCUT2D eigenvalue weighted by molar-refractivity contribution is 0.253. The number of phenols is 6. The van der Waals surface area contributed by atoms with Crippen LogP contribution in [-0.4, -0.2) is 30.6 Å². The van der Waals surface area contributed by atoms with Gasteiger partial charge in [0.25, 0.3) is 0 Å². The minimum atomic E-state index is -0.545. The molecule has 0 aliphatic heterocycles. The molecule has 4 rings (SSSR count). The van der Waals surface area contributed by atoms with Crippen LogP contribution in [0.25, 0.3) is 0 Å². The normalized spacial score (nSPS) is 24.1. The average molecular weight is 386 g/mol. The van der Waals surface area contributed by atoms with Gasteiger partial charge in [-0.2, -0.15) is 0 Å². The van der Waals surface area contributed by atoms with Crippen molar-refractivity contribution in [2.24, 2.45) is 0 Å². The second-order valence-electron chi connectivity index (χ2n) is 9.50. The minimum absolute atomic E-state index is 0.230. The van der Waals surface area contributed by atoms with Crippen LogP contribution in [-0.2, 0) is 10.8 Å². The number of benzene rings is 2. The van der Waals surface area contributed by atoms with Gasteiger partial charge in [-0.15, -0.1) is 0 Å². The highest BCUT2D eigenvalue weighted by Crippen LogP contribution is 2.64. The lowest BCUT2D eigenvalue weighted by atomic mass is 9.54. The number of hydrogen-bond acceptors (Lipinski definition) is 6. The number of fused-ring (bicyclic) bond motifs is 5. The molecule has 28 heavy (non-hydrogen) atoms. The third-order valence-electron chi connectivity index (χ3n) is 6.73. The Bertz CT molecular complexity index is 924. The zero-order valence-corrected chi connectivity index (χ0v) is 16.4. The van der Waals surface area contributed by atoms with Gasteiger partial charge >= 0.3 is 0 Å². The van der Waals surface area contributed by atoms with Gasteiger partial charge in [0.05, 0.1) is 0 Å². The van der Waals surface area contributed by atoms with Crippen LogP contribution in [0, 0.1) is 0 Å². The van der Waals surface area contributed by atoms with Crippen molar-refractivity contribution < 1.29 is 30.6 Å². The second-order valence-corrected chi connectivity index (χ2v) is 9.50. The lowest BCUT2D eigenvalue weighted by Gasteiger charge is -2.50. The first-order valence-corrected chi connectivity index (χ1v) is 9.43. The first kappa shape index (κ1) is 18.6. The summed E-state index contributed by atoms with van der Waals surface area (Å²) in [6.07, 6.45) is 1.21. The molecule has 2 aromatic carbocycles. The molecule has 0 saturated heterocycles. The molecule has 2 aromatic rings. The molecule has 6 N–H and O–H groups in total. The Balaban J connectivity index is 2.05. The van der Waals surface area contributed by atoms with Crippen LogP contribution in [0.15, 0.2) is 12.1 Å². The number of hydrogen-bond donors (Lipinski definition) is 6. The smallest absolute Gasteiger partial charge is 0.200 e. The maximum Gasteiger partial charge on any atom is 0.200 e. The van der Waals surface area contributed by atoms with Crippen molar-refractivity contribution in [2.75, 3.05) is 0 Å². The molecule has 0 spiro atoms. The van der Waals surface area contributed by atoms with Crippen LogP contribution >= 0.6 is 0 Å². The number of phenolic OH excluding ortho intramolecular Hbond substituents is 6. The SMILES string of the molecule is CC1(C)CC2c3c(cc(O)c(O)c3O)C(C)(C)CC2c2c1cc(O)c(O)c2O. The zero-order valence-electron chi connectivity index (χ0n) is 16.4. The Morgan fingerprint density at radius 1 is 0.607 bits per heavy atom. The van der Waals surface area contributed by atoms with E-state index in [1.165, 1.54) is 12.1 Å². The summed E-state index contributed by atoms with van der Waals surface area (Å²) < 4.78 is 0. The Morgan fingerprint density at radius 2 is 0.929 bits per heavy atom. The van der Waals surface area contributed by atoms with Crippen LogP contribution < -0.4 is 0 Å². The van der Waals surface area contributed by atoms with E-state index in [1.54, 1.807) is 0 Å². The molecular weight excluding hydrogens is 360 g/mol. The fourth-order valence-corrected chi connectivity index (χ4v) is 5.40. The Labute approximate surface area is 163 Å². The Morgan fingerprint density at radius 3 is 1.25 bits per heavy atom. The largest absolute Gasteiger partial charge is 0.504 e. The molecule has 2 aliphatic carbocycles. The van der Waals surface area contributed by atoms with E-state index in [2.05, 4.69) is 0 Å². The van der Waals surface area contributed by atoms with Gasteiger partial charge in [0.2, 0.25) is 11.5 Å². The van der Waals surface area contributed by atoms with Crippen molar-refractivity contribution in [3.05, 3.63) is 34.4 Å². The molecule has 6 heteroatoms. The van der Waals surface area contributed by atoms with Gasteiger partial charge in [-0.05, 0) is 58.8 Å². The summed E-state index contributed by atoms with van der Waals surface area (Å²) in [6.45, 7) is 7.92. The minimum Gasteiger partial charge on any atom is -0.504 e. The van der Waals surface area contributed by atoms with Crippen LogP contribution in [0.1, 0.15) is 74.6 Å². The molecule has 150 valence electrons. The van der Waals surface area contributed by atoms with E-state index in [1.807, 2.05) is 27.7 Å². The van der Waals surface area contributed by atoms with Gasteiger partial charge in [-0.1, -0.05) is 27.7 Å². The maximum atomic E-state index is 10.7. The van der Waals surface area contributed by atoms with Gasteiger partial charge in [0.15, 0.2) is 23.0 Å². The van der Waals surface area contributed by atoms with Crippen LogP contribution in [0.5, 0.6) is 34.5 Å². The molecule has 2 atom stereocenters. The molecule has 0 radical (unpaired) electrons. The highest BCUT2D eigenvalue weighted by molar-refractivity contribution is 5.66. The average Bonchev–Trinajstić information content (AvgIpc) is 2.59. The molecule has 0 heterocycles. The second kappa shape index (κ2) is 5.40. The number of rotatable bonds is 0. The van der Waals surface area contributed by atoms with Gasteiger partial charge in [-0.3, -0.25) is 0 Å². The Kier molecular flexibility index (Phi) is 3.59. The summed E-state index contributed by atoms with van der Waals surface area (Å²) in [6, 6.07) is 3.02. The molecule has 2 unspecified atom stereocenters. The van der Waals surface area contributed by atoms with Gasteiger partial charge in [-0.25, -0.2) is 0 Å². The summed E-state index contributed by atoms with van der Waals surface area (Å²) in [5.74, 6) is -2.93. The van der Waals surface area contributed by atoms with Crippen molar-refractivity contribution in [3.8, 4) is 34.5 Å². The summed E-state index contributed by atoms with van der Waals surface area (Å²) in [4.78, 5) is 0. The summed E-state index contributed by atoms with van der Waals surface area (Å²) in [5.41, 5.74) is 1.76. The molecular formula is C22H26O6. The molecule has 0 bridgehead atoms. The van der Waals surface area contributed by atoms with Gasteiger partial charge in [0.1, 0.15) is 0 Å². The predicted octanol–water partition coefficient (Wildman–Crippen LogP) is 4.15. The standard InChI is InChI=1S/C22H26O6/c1-21(2)7-9-10(15-11(21)5-13(23)17(25)19(15)27)8-22(3,4)12-6-14(24)18(26)20(28)16(9)12/h5-6,9-10,23-28H,7-8H2,1-4H3. The van der Waals surface area contributed by atoms with Crippen LogP contribution in [0.2, 0.25) is 0 Å². The van der Waals surface area contributed by atoms with Crippen molar-refractivity contribution in [2.45, 2.75) is 63.2 Å². The van der Waals surface area contributed by atoms with E-state index in [0.717, 1.165) is 11.1 Å². The zero-order chi connectivity index (χ0) is 20.8. The first-order chi connectivity index (χ1) is 12.9. The highest BCUT2D eigenvalue weighted by Gasteiger charge is 2.50. The third-order valence-corrected chi connectivity index (χ3v) is 6.73. The van der Waals surface area contributed by atoms with E-state index in [-0.39, 0.29) is 34.8 Å². The van der Waals surface area contributed by atoms with Crippen molar-refractivity contribution in [3.63, 3.8) is 0 Å². The lowest BCUT2D eigenvalue weighted by Crippen LogP contribution is -2.39. The first-order valence-electron chi connectivity index (χ1n) is 9.43. The molecule has 2 aliphatic rings. The summed E-state index contributed by atoms with van der Waals surface area (Å²) >= 11 is 0. The molecule has 0 saturated carbocycles. The monoisotopic (exact) mass is 386 g/mol. The van der Waals surface area contributed by atoms with E-state index in [0.29, 0.717) is 24.0 Å². The van der Waals surface area contributed by atoms with Crippen LogP contribution in [0.4, 0.5) is 0 Å². The molecule has 0 amide bonds. The van der Waals surface area contributed by atoms with Gasteiger partial charge in [0, 0.05) is 11.1 Å². The molecule has 0 fully saturated rings. The fourth-order valence-electron chi connectivity index (χ4n) is 5.40. The highest BCUT2D eigenvalue weighted by atomic mass is 16.3. The van der Waals surface area contributed by atoms with E-state index < -0.39 is 22.3 Å². The van der Waals surface area contributed by atoms with Crippen molar-refractivity contribution >= 4 is 0 Å². The van der Waals surface area contributed by atoms with Crippen molar-refractivity contribution in [1.29, 1.82) is 0 Å². The van der Waals surface area contributed by atoms with Crippen molar-refractivity contribution in [1.82, 2.24) is 0 Å². The number of aromatic hydroxyl groups is 6. The summed E-state index contributed by atoms with van der Waals surface area (Å²) in [7, 11) is 0. The van der Waals surface area contributed by atoms with Crippen LogP contribution in [0.3, 0.4) is 0 Å². The fraction of sp³-hybridized carbons (Fsp3) is 0.455. The topological polar surface area (TPSA) is 121 Å².